The highest BCUT2D eigenvalue weighted by Crippen LogP contribution is 2.32. The molecule has 0 unspecified atom stereocenters. The Labute approximate surface area is 346 Å². The van der Waals surface area contributed by atoms with Crippen molar-refractivity contribution < 1.29 is 95.2 Å². The molecule has 0 saturated carbocycles. The fourth-order valence-corrected chi connectivity index (χ4v) is 6.08. The average molecular weight is 871 g/mol. The SMILES string of the molecule is CC(=O)OC[C@H]1O[C@@H](OCc2cn(Cn3cc(CO[C@@H]4O[C@H](COC(C)=O)[C@@H](OC(C)=O)[C@H](OC(C)=O)[C@H]4OC(C)=O)nn3)nn2)[C@H](OC(C)=O)[C@@H](OC(C)=O)[C@@H]1OC(C)=O. The second kappa shape index (κ2) is 21.9. The molecule has 4 heterocycles. The lowest BCUT2D eigenvalue weighted by atomic mass is 9.98. The standard InChI is InChI=1S/C35H46N6O20/c1-16(42)50-13-26-28(54-18(3)44)30(56-20(5)46)32(58-22(7)48)34(60-26)52-11-24-9-40(38-36-24)15-41-10-25(37-39-41)12-53-35-33(59-23(8)49)31(57-21(6)47)29(55-19(4)45)27(61-35)14-51-17(2)43/h9-10,26-35H,11-15H2,1-8H3/t26-,27-,28-,29-,30+,31+,32-,33-,34-,35-/m1/s1. The van der Waals surface area contributed by atoms with Gasteiger partial charge in [0.15, 0.2) is 49.2 Å². The van der Waals surface area contributed by atoms with Crippen LogP contribution in [0.25, 0.3) is 0 Å². The fourth-order valence-electron chi connectivity index (χ4n) is 6.08. The molecule has 0 radical (unpaired) electrons. The molecule has 10 atom stereocenters. The third-order valence-corrected chi connectivity index (χ3v) is 8.15. The Morgan fingerprint density at radius 1 is 0.475 bits per heavy atom. The highest BCUT2D eigenvalue weighted by molar-refractivity contribution is 5.70. The summed E-state index contributed by atoms with van der Waals surface area (Å²) in [5.41, 5.74) is 0.473. The molecule has 2 aromatic rings. The molecule has 0 aromatic carbocycles. The fraction of sp³-hybridized carbons (Fsp3) is 0.657. The van der Waals surface area contributed by atoms with Gasteiger partial charge >= 0.3 is 47.8 Å². The molecular weight excluding hydrogens is 824 g/mol. The van der Waals surface area contributed by atoms with E-state index in [2.05, 4.69) is 20.6 Å². The van der Waals surface area contributed by atoms with E-state index in [1.807, 2.05) is 0 Å². The number of carbonyl (C=O) groups is 8. The van der Waals surface area contributed by atoms with Crippen LogP contribution in [0, 0.1) is 0 Å². The lowest BCUT2D eigenvalue weighted by molar-refractivity contribution is -0.310. The molecule has 2 fully saturated rings. The average Bonchev–Trinajstić information content (AvgIpc) is 3.80. The van der Waals surface area contributed by atoms with E-state index in [0.717, 1.165) is 55.4 Å². The monoisotopic (exact) mass is 870 g/mol. The van der Waals surface area contributed by atoms with Gasteiger partial charge in [-0.1, -0.05) is 10.4 Å². The normalized spacial score (nSPS) is 25.9. The minimum Gasteiger partial charge on any atom is -0.463 e. The van der Waals surface area contributed by atoms with Crippen molar-refractivity contribution in [1.29, 1.82) is 0 Å². The van der Waals surface area contributed by atoms with E-state index in [4.69, 9.17) is 56.8 Å². The first-order valence-corrected chi connectivity index (χ1v) is 18.4. The van der Waals surface area contributed by atoms with Crippen LogP contribution in [0.5, 0.6) is 0 Å². The lowest BCUT2D eigenvalue weighted by Gasteiger charge is -2.43. The van der Waals surface area contributed by atoms with Gasteiger partial charge in [-0.25, -0.2) is 9.36 Å². The Morgan fingerprint density at radius 3 is 1.10 bits per heavy atom. The van der Waals surface area contributed by atoms with Gasteiger partial charge in [0.1, 0.15) is 43.5 Å². The molecule has 2 aromatic heterocycles. The number of esters is 8. The predicted molar refractivity (Wildman–Crippen MR) is 189 cm³/mol. The molecular formula is C35H46N6O20. The van der Waals surface area contributed by atoms with Gasteiger partial charge in [0.05, 0.1) is 25.6 Å². The molecule has 26 heteroatoms. The minimum absolute atomic E-state index is 0.0435. The number of carbonyl (C=O) groups excluding carboxylic acids is 8. The summed E-state index contributed by atoms with van der Waals surface area (Å²) in [6.45, 7) is 7.32. The zero-order chi connectivity index (χ0) is 45.0. The van der Waals surface area contributed by atoms with E-state index < -0.39 is 122 Å². The first kappa shape index (κ1) is 47.6. The molecule has 4 rings (SSSR count). The van der Waals surface area contributed by atoms with Crippen LogP contribution >= 0.6 is 0 Å². The Balaban J connectivity index is 1.46. The third-order valence-electron chi connectivity index (χ3n) is 8.15. The summed E-state index contributed by atoms with van der Waals surface area (Å²) in [6, 6.07) is 0. The van der Waals surface area contributed by atoms with Crippen LogP contribution in [0.1, 0.15) is 66.8 Å². The van der Waals surface area contributed by atoms with Crippen LogP contribution in [0.2, 0.25) is 0 Å². The van der Waals surface area contributed by atoms with Gasteiger partial charge in [-0.2, -0.15) is 0 Å². The van der Waals surface area contributed by atoms with Crippen molar-refractivity contribution in [2.75, 3.05) is 13.2 Å². The van der Waals surface area contributed by atoms with E-state index in [1.165, 1.54) is 21.8 Å². The number of nitrogens with zero attached hydrogens (tertiary/aromatic N) is 6. The van der Waals surface area contributed by atoms with Crippen LogP contribution in [-0.2, 0) is 115 Å². The zero-order valence-electron chi connectivity index (χ0n) is 34.3. The van der Waals surface area contributed by atoms with Crippen LogP contribution in [0.15, 0.2) is 12.4 Å². The Hall–Kier alpha value is -6.12. The van der Waals surface area contributed by atoms with Crippen molar-refractivity contribution in [2.45, 2.75) is 137 Å². The number of rotatable bonds is 18. The van der Waals surface area contributed by atoms with Crippen molar-refractivity contribution in [2.24, 2.45) is 0 Å². The van der Waals surface area contributed by atoms with Gasteiger partial charge in [-0.05, 0) is 0 Å². The summed E-state index contributed by atoms with van der Waals surface area (Å²) in [5, 5.41) is 16.2. The van der Waals surface area contributed by atoms with Gasteiger partial charge in [0.25, 0.3) is 0 Å². The summed E-state index contributed by atoms with van der Waals surface area (Å²) in [6.07, 6.45) is -10.9. The lowest BCUT2D eigenvalue weighted by Crippen LogP contribution is -2.62. The maximum Gasteiger partial charge on any atom is 0.303 e. The maximum atomic E-state index is 12.1. The molecule has 0 bridgehead atoms. The summed E-state index contributed by atoms with van der Waals surface area (Å²) in [4.78, 5) is 95.7. The Bertz CT molecular complexity index is 1770. The van der Waals surface area contributed by atoms with Gasteiger partial charge in [0, 0.05) is 55.4 Å². The largest absolute Gasteiger partial charge is 0.463 e. The van der Waals surface area contributed by atoms with Crippen molar-refractivity contribution in [3.63, 3.8) is 0 Å². The molecule has 26 nitrogen and oxygen atoms in total. The van der Waals surface area contributed by atoms with E-state index in [1.54, 1.807) is 0 Å². The summed E-state index contributed by atoms with van der Waals surface area (Å²) in [5.74, 6) is -6.16. The maximum absolute atomic E-state index is 12.1. The van der Waals surface area contributed by atoms with Crippen LogP contribution in [0.4, 0.5) is 0 Å². The third kappa shape index (κ3) is 14.5. The van der Waals surface area contributed by atoms with E-state index >= 15 is 0 Å². The van der Waals surface area contributed by atoms with Gasteiger partial charge in [-0.3, -0.25) is 38.4 Å². The molecule has 0 amide bonds. The summed E-state index contributed by atoms with van der Waals surface area (Å²) < 4.78 is 68.9. The van der Waals surface area contributed by atoms with Crippen molar-refractivity contribution >= 4 is 47.8 Å². The highest BCUT2D eigenvalue weighted by Gasteiger charge is 2.54. The summed E-state index contributed by atoms with van der Waals surface area (Å²) >= 11 is 0. The Morgan fingerprint density at radius 2 is 0.787 bits per heavy atom. The van der Waals surface area contributed by atoms with Crippen molar-refractivity contribution in [1.82, 2.24) is 30.0 Å². The molecule has 0 N–H and O–H groups in total. The predicted octanol–water partition coefficient (Wildman–Crippen LogP) is -1.43. The smallest absolute Gasteiger partial charge is 0.303 e. The van der Waals surface area contributed by atoms with Crippen LogP contribution < -0.4 is 0 Å². The quantitative estimate of drug-likeness (QED) is 0.122. The Kier molecular flexibility index (Phi) is 17.1. The first-order valence-electron chi connectivity index (χ1n) is 18.4. The summed E-state index contributed by atoms with van der Waals surface area (Å²) in [7, 11) is 0. The van der Waals surface area contributed by atoms with Crippen molar-refractivity contribution in [3.8, 4) is 0 Å². The van der Waals surface area contributed by atoms with Gasteiger partial charge in [-0.15, -0.1) is 10.2 Å². The van der Waals surface area contributed by atoms with Crippen LogP contribution in [-0.4, -0.2) is 152 Å². The molecule has 2 aliphatic rings. The van der Waals surface area contributed by atoms with Crippen LogP contribution in [0.3, 0.4) is 0 Å². The molecule has 2 saturated heterocycles. The molecule has 0 aliphatic carbocycles. The highest BCUT2D eigenvalue weighted by atomic mass is 16.7. The minimum atomic E-state index is -1.45. The molecule has 336 valence electrons. The van der Waals surface area contributed by atoms with Gasteiger partial charge < -0.3 is 56.8 Å². The topological polar surface area (TPSA) is 309 Å². The second-order valence-electron chi connectivity index (χ2n) is 13.4. The molecule has 0 spiro atoms. The second-order valence-corrected chi connectivity index (χ2v) is 13.4. The molecule has 61 heavy (non-hydrogen) atoms. The number of hydrogen-bond donors (Lipinski definition) is 0. The first-order chi connectivity index (χ1) is 28.8. The number of hydrogen-bond acceptors (Lipinski definition) is 24. The van der Waals surface area contributed by atoms with E-state index in [-0.39, 0.29) is 31.3 Å². The van der Waals surface area contributed by atoms with Crippen molar-refractivity contribution in [3.05, 3.63) is 23.8 Å². The van der Waals surface area contributed by atoms with E-state index in [0.29, 0.717) is 0 Å². The zero-order valence-corrected chi connectivity index (χ0v) is 34.3. The van der Waals surface area contributed by atoms with E-state index in [9.17, 15) is 38.4 Å². The number of aromatic nitrogens is 6. The molecule has 2 aliphatic heterocycles. The van der Waals surface area contributed by atoms with Gasteiger partial charge in [0.2, 0.25) is 0 Å². The number of ether oxygens (including phenoxy) is 12.